The molecule has 1 aromatic heterocycles. The number of hydrogen-bond donors (Lipinski definition) is 0. The van der Waals surface area contributed by atoms with Crippen LogP contribution in [0.5, 0.6) is 0 Å². The largest absolute Gasteiger partial charge is 0.408 e. The Kier molecular flexibility index (Phi) is 6.46. The van der Waals surface area contributed by atoms with E-state index in [-0.39, 0.29) is 0 Å². The van der Waals surface area contributed by atoms with Gasteiger partial charge in [0.15, 0.2) is 0 Å². The van der Waals surface area contributed by atoms with Gasteiger partial charge in [-0.25, -0.2) is 4.57 Å². The number of hydrogen-bond acceptors (Lipinski definition) is 5. The first-order chi connectivity index (χ1) is 12.8. The number of aryl methyl sites for hydroxylation is 1. The van der Waals surface area contributed by atoms with E-state index in [1.165, 1.54) is 5.56 Å². The normalized spacial score (nSPS) is 11.2. The lowest BCUT2D eigenvalue weighted by Crippen LogP contribution is -2.26. The molecule has 0 unspecified atom stereocenters. The van der Waals surface area contributed by atoms with Gasteiger partial charge in [-0.2, -0.15) is 0 Å². The molecule has 0 amide bonds. The zero-order valence-electron chi connectivity index (χ0n) is 15.1. The molecule has 134 valence electrons. The van der Waals surface area contributed by atoms with Crippen LogP contribution in [0.1, 0.15) is 5.56 Å². The Balaban J connectivity index is 1.72. The summed E-state index contributed by atoms with van der Waals surface area (Å²) < 4.78 is 7.22. The van der Waals surface area contributed by atoms with Gasteiger partial charge in [-0.1, -0.05) is 30.3 Å². The number of nitrogens with zero attached hydrogens (tertiary/aromatic N) is 4. The van der Waals surface area contributed by atoms with Crippen LogP contribution in [-0.2, 0) is 18.3 Å². The van der Waals surface area contributed by atoms with Gasteiger partial charge in [0.05, 0.1) is 18.8 Å². The van der Waals surface area contributed by atoms with Crippen LogP contribution < -0.4 is 9.47 Å². The summed E-state index contributed by atoms with van der Waals surface area (Å²) in [6.45, 7) is 2.36. The zero-order valence-corrected chi connectivity index (χ0v) is 15.9. The van der Waals surface area contributed by atoms with Gasteiger partial charge >= 0.3 is 5.13 Å². The van der Waals surface area contributed by atoms with E-state index in [1.807, 2.05) is 41.4 Å². The fourth-order valence-electron chi connectivity index (χ4n) is 2.56. The van der Waals surface area contributed by atoms with Gasteiger partial charge in [-0.15, -0.1) is 0 Å². The van der Waals surface area contributed by atoms with Crippen molar-refractivity contribution in [1.82, 2.24) is 0 Å². The Morgan fingerprint density at radius 1 is 1.04 bits per heavy atom. The highest BCUT2D eigenvalue weighted by atomic mass is 32.1. The Labute approximate surface area is 158 Å². The minimum atomic E-state index is 0.684. The molecule has 0 fully saturated rings. The Morgan fingerprint density at radius 2 is 1.81 bits per heavy atom. The first-order valence-corrected chi connectivity index (χ1v) is 9.37. The van der Waals surface area contributed by atoms with Gasteiger partial charge in [0.25, 0.3) is 0 Å². The molecule has 3 rings (SSSR count). The van der Waals surface area contributed by atoms with Crippen molar-refractivity contribution in [1.29, 1.82) is 0 Å². The number of ether oxygens (including phenoxy) is 1. The van der Waals surface area contributed by atoms with Crippen LogP contribution in [0.15, 0.2) is 76.4 Å². The molecule has 0 saturated heterocycles. The molecule has 0 spiro atoms. The fraction of sp³-hybridized carbons (Fsp3) is 0.250. The number of benzene rings is 2. The zero-order chi connectivity index (χ0) is 18.2. The minimum Gasteiger partial charge on any atom is -0.383 e. The Hall–Kier alpha value is -2.57. The van der Waals surface area contributed by atoms with Crippen LogP contribution in [0.4, 0.5) is 16.5 Å². The first kappa shape index (κ1) is 18.2. The highest BCUT2D eigenvalue weighted by molar-refractivity contribution is 7.12. The molecule has 0 aliphatic heterocycles. The predicted molar refractivity (Wildman–Crippen MR) is 105 cm³/mol. The van der Waals surface area contributed by atoms with E-state index >= 15 is 0 Å². The van der Waals surface area contributed by atoms with E-state index in [0.29, 0.717) is 6.61 Å². The van der Waals surface area contributed by atoms with Crippen LogP contribution in [0, 0.1) is 0 Å². The predicted octanol–water partition coefficient (Wildman–Crippen LogP) is 4.64. The van der Waals surface area contributed by atoms with Gasteiger partial charge in [-0.3, -0.25) is 0 Å². The maximum absolute atomic E-state index is 5.27. The van der Waals surface area contributed by atoms with Crippen LogP contribution in [0.25, 0.3) is 0 Å². The standard InChI is InChI=1S/C20H23N4OS/c1-23-13-15-26-20(23)22-21-18-8-10-19(11-9-18)24(12-14-25-2)16-17-6-4-3-5-7-17/h3-11,13,15H,12,14,16H2,1-2H3/q+1. The molecule has 3 aromatic rings. The summed E-state index contributed by atoms with van der Waals surface area (Å²) in [6, 6.07) is 18.6. The smallest absolute Gasteiger partial charge is 0.383 e. The SMILES string of the molecule is COCCN(Cc1ccccc1)c1ccc(N=Nc2scc[n+]2C)cc1. The molecule has 0 aliphatic carbocycles. The lowest BCUT2D eigenvalue weighted by atomic mass is 10.2. The summed E-state index contributed by atoms with van der Waals surface area (Å²) in [5.74, 6) is 0. The lowest BCUT2D eigenvalue weighted by Gasteiger charge is -2.24. The van der Waals surface area contributed by atoms with Crippen molar-refractivity contribution in [2.24, 2.45) is 17.3 Å². The van der Waals surface area contributed by atoms with Crippen molar-refractivity contribution in [3.05, 3.63) is 71.7 Å². The quantitative estimate of drug-likeness (QED) is 0.430. The number of rotatable bonds is 8. The van der Waals surface area contributed by atoms with Crippen molar-refractivity contribution in [3.8, 4) is 0 Å². The van der Waals surface area contributed by atoms with Crippen molar-refractivity contribution < 1.29 is 9.30 Å². The maximum atomic E-state index is 5.27. The van der Waals surface area contributed by atoms with Crippen LogP contribution >= 0.6 is 11.3 Å². The first-order valence-electron chi connectivity index (χ1n) is 8.49. The van der Waals surface area contributed by atoms with E-state index < -0.39 is 0 Å². The summed E-state index contributed by atoms with van der Waals surface area (Å²) in [5.41, 5.74) is 3.26. The highest BCUT2D eigenvalue weighted by Gasteiger charge is 2.09. The summed E-state index contributed by atoms with van der Waals surface area (Å²) in [4.78, 5) is 2.30. The molecule has 0 saturated carbocycles. The van der Waals surface area contributed by atoms with Gasteiger partial charge in [0.1, 0.15) is 11.9 Å². The van der Waals surface area contributed by atoms with Gasteiger partial charge in [0, 0.05) is 31.3 Å². The topological polar surface area (TPSA) is 41.1 Å². The lowest BCUT2D eigenvalue weighted by molar-refractivity contribution is -0.654. The molecule has 2 aromatic carbocycles. The third-order valence-corrected chi connectivity index (χ3v) is 4.85. The number of methoxy groups -OCH3 is 1. The van der Waals surface area contributed by atoms with Crippen molar-refractivity contribution in [2.75, 3.05) is 25.2 Å². The van der Waals surface area contributed by atoms with Crippen LogP contribution in [-0.4, -0.2) is 20.3 Å². The fourth-order valence-corrected chi connectivity index (χ4v) is 3.24. The van der Waals surface area contributed by atoms with E-state index in [2.05, 4.69) is 51.5 Å². The van der Waals surface area contributed by atoms with Gasteiger partial charge in [-0.05, 0) is 46.3 Å². The van der Waals surface area contributed by atoms with Gasteiger partial charge in [0.2, 0.25) is 0 Å². The number of thiazole rings is 1. The molecular formula is C20H23N4OS+. The molecule has 1 heterocycles. The second-order valence-corrected chi connectivity index (χ2v) is 6.79. The van der Waals surface area contributed by atoms with Gasteiger partial charge < -0.3 is 9.64 Å². The summed E-state index contributed by atoms with van der Waals surface area (Å²) in [6.07, 6.45) is 1.97. The molecule has 0 bridgehead atoms. The second kappa shape index (κ2) is 9.22. The molecule has 0 aliphatic rings. The number of azo groups is 1. The molecular weight excluding hydrogens is 344 g/mol. The van der Waals surface area contributed by atoms with Crippen LogP contribution in [0.2, 0.25) is 0 Å². The van der Waals surface area contributed by atoms with E-state index in [1.54, 1.807) is 18.4 Å². The summed E-state index contributed by atoms with van der Waals surface area (Å²) in [7, 11) is 3.69. The minimum absolute atomic E-state index is 0.684. The molecule has 6 heteroatoms. The van der Waals surface area contributed by atoms with E-state index in [9.17, 15) is 0 Å². The third kappa shape index (κ3) is 4.97. The van der Waals surface area contributed by atoms with Crippen molar-refractivity contribution >= 4 is 27.8 Å². The Morgan fingerprint density at radius 3 is 2.46 bits per heavy atom. The average molecular weight is 367 g/mol. The van der Waals surface area contributed by atoms with E-state index in [4.69, 9.17) is 4.74 Å². The summed E-state index contributed by atoms with van der Waals surface area (Å²) >= 11 is 1.57. The molecule has 0 atom stereocenters. The second-order valence-electron chi connectivity index (χ2n) is 5.91. The molecule has 0 radical (unpaired) electrons. The molecule has 26 heavy (non-hydrogen) atoms. The van der Waals surface area contributed by atoms with E-state index in [0.717, 1.165) is 29.6 Å². The Bertz CT molecular complexity index is 831. The number of anilines is 1. The third-order valence-electron chi connectivity index (χ3n) is 4.01. The summed E-state index contributed by atoms with van der Waals surface area (Å²) in [5, 5.41) is 11.5. The monoisotopic (exact) mass is 367 g/mol. The van der Waals surface area contributed by atoms with Crippen LogP contribution in [0.3, 0.4) is 0 Å². The maximum Gasteiger partial charge on any atom is 0.408 e. The van der Waals surface area contributed by atoms with Crippen molar-refractivity contribution in [2.45, 2.75) is 6.54 Å². The average Bonchev–Trinajstić information content (AvgIpc) is 3.09. The number of aromatic nitrogens is 1. The molecule has 5 nitrogen and oxygen atoms in total. The highest BCUT2D eigenvalue weighted by Crippen LogP contribution is 2.23. The van der Waals surface area contributed by atoms with Crippen molar-refractivity contribution in [3.63, 3.8) is 0 Å². The molecule has 0 N–H and O–H groups in total.